The molecule has 0 spiro atoms. The summed E-state index contributed by atoms with van der Waals surface area (Å²) in [5.41, 5.74) is 11.0. The summed E-state index contributed by atoms with van der Waals surface area (Å²) >= 11 is 0. The number of nitrogens with one attached hydrogen (secondary N) is 2. The van der Waals surface area contributed by atoms with Crippen LogP contribution < -0.4 is 11.1 Å². The lowest BCUT2D eigenvalue weighted by atomic mass is 9.78. The summed E-state index contributed by atoms with van der Waals surface area (Å²) in [4.78, 5) is 97.9. The van der Waals surface area contributed by atoms with Crippen molar-refractivity contribution in [2.45, 2.75) is 238 Å². The number of esters is 1. The number of amides is 2. The maximum Gasteiger partial charge on any atom is 0.329 e. The molecule has 1 saturated carbocycles. The van der Waals surface area contributed by atoms with Crippen LogP contribution in [0.3, 0.4) is 0 Å². The van der Waals surface area contributed by atoms with Crippen LogP contribution in [-0.2, 0) is 115 Å². The van der Waals surface area contributed by atoms with Gasteiger partial charge in [0.25, 0.3) is 11.7 Å². The van der Waals surface area contributed by atoms with E-state index in [-0.39, 0.29) is 85.6 Å². The number of aromatic amines is 1. The zero-order valence-electron chi connectivity index (χ0n) is 76.2. The number of allylic oxidation sites excluding steroid dienone is 6. The van der Waals surface area contributed by atoms with Crippen LogP contribution in [0.1, 0.15) is 170 Å². The number of nitrogens with zero attached hydrogens (tertiary/aromatic N) is 8. The van der Waals surface area contributed by atoms with Crippen LogP contribution in [-0.4, -0.2) is 290 Å². The number of methoxy groups -OCH3 is 3. The predicted molar refractivity (Wildman–Crippen MR) is 474 cm³/mol. The molecule has 0 radical (unpaired) electrons. The Morgan fingerprint density at radius 1 is 0.724 bits per heavy atom. The Labute approximate surface area is 746 Å². The Kier molecular flexibility index (Phi) is 44.0. The van der Waals surface area contributed by atoms with Gasteiger partial charge in [-0.05, 0) is 163 Å². The van der Waals surface area contributed by atoms with Gasteiger partial charge in [0.15, 0.2) is 11.4 Å². The van der Waals surface area contributed by atoms with Crippen molar-refractivity contribution >= 4 is 62.9 Å². The molecule has 0 unspecified atom stereocenters. The van der Waals surface area contributed by atoms with Gasteiger partial charge in [-0.15, -0.1) is 5.10 Å². The molecule has 34 heteroatoms. The van der Waals surface area contributed by atoms with Gasteiger partial charge in [-0.3, -0.25) is 24.0 Å². The number of phenolic OH excluding ortho intramolecular Hbond substituents is 1. The van der Waals surface area contributed by atoms with E-state index in [9.17, 15) is 44.1 Å². The fourth-order valence-electron chi connectivity index (χ4n) is 16.8. The lowest BCUT2D eigenvalue weighted by Gasteiger charge is -2.42. The molecule has 3 fully saturated rings. The van der Waals surface area contributed by atoms with Gasteiger partial charge >= 0.3 is 5.97 Å². The number of ketones is 3. The first-order valence-corrected chi connectivity index (χ1v) is 45.6. The van der Waals surface area contributed by atoms with Crippen LogP contribution in [0.25, 0.3) is 33.3 Å². The molecule has 7 heterocycles. The number of aromatic hydroxyl groups is 1. The zero-order chi connectivity index (χ0) is 91.0. The maximum atomic E-state index is 14.8. The highest BCUT2D eigenvalue weighted by Gasteiger charge is 2.53. The van der Waals surface area contributed by atoms with Crippen molar-refractivity contribution < 1.29 is 110 Å². The first-order chi connectivity index (χ1) is 61.4. The number of aryl methyl sites for hydroxylation is 1. The normalized spacial score (nSPS) is 26.5. The number of aliphatic hydroxyl groups excluding tert-OH is 1. The lowest BCUT2D eigenvalue weighted by Crippen LogP contribution is -2.61. The van der Waals surface area contributed by atoms with Crippen molar-refractivity contribution in [2.75, 3.05) is 146 Å². The number of benzene rings is 1. The summed E-state index contributed by atoms with van der Waals surface area (Å²) in [6, 6.07) is 5.85. The number of nitrogen functional groups attached to an aromatic ring is 1. The van der Waals surface area contributed by atoms with Crippen molar-refractivity contribution in [1.82, 2.24) is 49.9 Å². The Morgan fingerprint density at radius 2 is 1.43 bits per heavy atom. The number of aromatic nitrogens is 8. The molecule has 9 rings (SSSR count). The summed E-state index contributed by atoms with van der Waals surface area (Å²) in [7, 11) is 4.61. The number of ether oxygens (including phenoxy) is 14. The van der Waals surface area contributed by atoms with Gasteiger partial charge in [0.05, 0.1) is 147 Å². The van der Waals surface area contributed by atoms with Crippen LogP contribution in [0.2, 0.25) is 0 Å². The third kappa shape index (κ3) is 32.4. The van der Waals surface area contributed by atoms with Gasteiger partial charge in [0.1, 0.15) is 59.4 Å². The molecular formula is C93H141N11O23. The number of hydrogen-bond donors (Lipinski definition) is 6. The predicted octanol–water partition coefficient (Wildman–Crippen LogP) is 9.86. The molecule has 2 amide bonds. The lowest BCUT2D eigenvalue weighted by molar-refractivity contribution is -0.265. The van der Waals surface area contributed by atoms with Gasteiger partial charge in [-0.2, -0.15) is 5.10 Å². The van der Waals surface area contributed by atoms with E-state index in [4.69, 9.17) is 77.1 Å². The number of carbonyl (C=O) groups is 6. The van der Waals surface area contributed by atoms with Crippen LogP contribution in [0.15, 0.2) is 84.4 Å². The number of phenols is 1. The van der Waals surface area contributed by atoms with E-state index in [0.717, 1.165) is 60.7 Å². The summed E-state index contributed by atoms with van der Waals surface area (Å²) in [5, 5.41) is 51.5. The zero-order valence-corrected chi connectivity index (χ0v) is 76.2. The molecule has 3 aliphatic heterocycles. The molecule has 2 bridgehead atoms. The largest absolute Gasteiger partial charge is 0.508 e. The smallest absolute Gasteiger partial charge is 0.329 e. The highest BCUT2D eigenvalue weighted by Crippen LogP contribution is 2.40. The molecule has 1 aromatic carbocycles. The van der Waals surface area contributed by atoms with E-state index in [2.05, 4.69) is 30.6 Å². The van der Waals surface area contributed by atoms with E-state index in [0.29, 0.717) is 217 Å². The van der Waals surface area contributed by atoms with Gasteiger partial charge < -0.3 is 103 Å². The summed E-state index contributed by atoms with van der Waals surface area (Å²) in [5.74, 6) is -7.85. The van der Waals surface area contributed by atoms with Crippen molar-refractivity contribution in [3.8, 4) is 17.1 Å². The molecule has 706 valence electrons. The number of H-pyrrole nitrogens is 1. The molecule has 34 nitrogen and oxygen atoms in total. The van der Waals surface area contributed by atoms with Gasteiger partial charge in [-0.1, -0.05) is 76.3 Å². The quantitative estimate of drug-likeness (QED) is 0.00913. The van der Waals surface area contributed by atoms with E-state index in [1.54, 1.807) is 57.9 Å². The fraction of sp³-hybridized carbons (Fsp3) is 0.688. The number of fused-ring (bicyclic) bond motifs is 5. The number of Topliss-reactive ketones (excluding diaryl/α,β-unsaturated/α-hetero) is 3. The maximum absolute atomic E-state index is 14.8. The molecule has 127 heavy (non-hydrogen) atoms. The monoisotopic (exact) mass is 1780 g/mol. The first kappa shape index (κ1) is 103. The Morgan fingerprint density at radius 3 is 2.13 bits per heavy atom. The van der Waals surface area contributed by atoms with Crippen molar-refractivity contribution in [3.63, 3.8) is 0 Å². The van der Waals surface area contributed by atoms with Gasteiger partial charge in [0, 0.05) is 102 Å². The number of hydrogen-bond acceptors (Lipinski definition) is 29. The third-order valence-corrected chi connectivity index (χ3v) is 24.3. The minimum Gasteiger partial charge on any atom is -0.508 e. The Bertz CT molecular complexity index is 4320. The van der Waals surface area contributed by atoms with Gasteiger partial charge in [0.2, 0.25) is 11.7 Å². The van der Waals surface area contributed by atoms with Crippen molar-refractivity contribution in [1.29, 1.82) is 0 Å². The second kappa shape index (κ2) is 54.5. The average Bonchev–Trinajstić information content (AvgIpc) is 1.76. The van der Waals surface area contributed by atoms with Crippen molar-refractivity contribution in [3.05, 3.63) is 90.1 Å². The Hall–Kier alpha value is -8.17. The standard InChI is InChI=1S/C93H141N11O23/c1-62-21-13-11-14-22-63(2)79(114-8)57-73-27-24-68(7)93(113,127-73)88(110)91(111)103-32-17-15-23-76(103)92(112)126-80(58-77(106)64(3)52-67(6)86(109)87(116-10)85(108)66(5)51-62)65(4)53-69-25-29-78(81(54-69)115-9)125-50-49-124-60-71-59-102(101-99-71)34-38-120-42-44-122-46-48-123-47-45-121-43-40-118-36-20-12-19-35-117-39-41-119-37-30-82(107)95-31-16-18-33-104-90-83(89(94)96-61-97-90)84(100-104)75-56-70-55-72(105)26-28-74(70)98-75/h11,13-14,21-22,26,28,52,55-56,59,61-62,64-66,68-69,73,76,78-81,86-87,98,105,109,113H,12,15-20,23-25,27,29-51,53-54,57-58,60H2,1-10H3,(H,95,107)(H2,94,96,97)/b14-11+,21-13+,63-22+,67-52+/t62-,64-,65-,66-,68-,69+,73+,76+,78-,79+,80+,81-,86-,87+,93-/m1/s1. The number of anilines is 1. The molecule has 4 aliphatic rings. The minimum atomic E-state index is -2.47. The van der Waals surface area contributed by atoms with Crippen LogP contribution in [0.5, 0.6) is 5.75 Å². The molecule has 5 aromatic rings. The first-order valence-electron chi connectivity index (χ1n) is 45.6. The van der Waals surface area contributed by atoms with Crippen LogP contribution in [0, 0.1) is 35.5 Å². The number of aliphatic hydroxyl groups is 2. The van der Waals surface area contributed by atoms with Gasteiger partial charge in [-0.25, -0.2) is 24.1 Å². The molecule has 7 N–H and O–H groups in total. The number of nitrogens with two attached hydrogens (primary N) is 1. The highest BCUT2D eigenvalue weighted by atomic mass is 16.6. The topological polar surface area (TPSA) is 424 Å². The molecule has 15 atom stereocenters. The van der Waals surface area contributed by atoms with E-state index < -0.39 is 77.8 Å². The Balaban J connectivity index is 0.586. The molecular weight excluding hydrogens is 1640 g/mol. The summed E-state index contributed by atoms with van der Waals surface area (Å²) in [6.07, 6.45) is 19.3. The molecule has 4 aromatic heterocycles. The number of cyclic esters (lactones) is 1. The number of carbonyl (C=O) groups excluding carboxylic acids is 6. The van der Waals surface area contributed by atoms with Crippen LogP contribution >= 0.6 is 0 Å². The fourth-order valence-corrected chi connectivity index (χ4v) is 16.8. The second-order valence-corrected chi connectivity index (χ2v) is 34.1. The summed E-state index contributed by atoms with van der Waals surface area (Å²) < 4.78 is 85.8. The molecule has 2 saturated heterocycles. The molecule has 1 aliphatic carbocycles. The summed E-state index contributed by atoms with van der Waals surface area (Å²) in [6.45, 7) is 21.7. The van der Waals surface area contributed by atoms with E-state index in [1.807, 2.05) is 81.1 Å². The number of piperidine rings is 1. The number of rotatable bonds is 45. The highest BCUT2D eigenvalue weighted by molar-refractivity contribution is 6.39. The number of unbranched alkanes of at least 4 members (excludes halogenated alkanes) is 3. The third-order valence-electron chi connectivity index (χ3n) is 24.3. The SMILES string of the molecule is CO[C@H]1C[C@@H]2CC[C@@H](C)[C@@](O)(O2)C(=O)C(=O)N2CCCC[C@H]2C(=O)O[C@H]([C@H](C)C[C@@H]2CC[C@@H](OCCOCc3cn(CCOCCOCCOCCOCCOCCCCCOCCOCCC(=O)NCCCCn4nc(-c5cc6cc(O)ccc6[nH]5)c5c(N)ncnc54)nn3)[C@H](OC)C2)CC(=O)[C@H](C)/C=C(\C)[C@@H](O)[C@@H](OC)C(=O)[C@H](C)C[C@H](C)/C=C/C=C/C=C/1C. The second-order valence-electron chi connectivity index (χ2n) is 34.1. The average molecular weight is 1780 g/mol. The minimum absolute atomic E-state index is 0.00817. The van der Waals surface area contributed by atoms with Crippen LogP contribution in [0.4, 0.5) is 5.82 Å². The van der Waals surface area contributed by atoms with E-state index >= 15 is 0 Å². The van der Waals surface area contributed by atoms with Crippen molar-refractivity contribution in [2.24, 2.45) is 35.5 Å². The van der Waals surface area contributed by atoms with E-state index in [1.165, 1.54) is 18.3 Å².